The number of aromatic nitrogens is 4. The highest BCUT2D eigenvalue weighted by molar-refractivity contribution is 7.90. The summed E-state index contributed by atoms with van der Waals surface area (Å²) in [6.45, 7) is 0. The van der Waals surface area contributed by atoms with Crippen molar-refractivity contribution in [2.24, 2.45) is 0 Å². The van der Waals surface area contributed by atoms with Crippen LogP contribution in [0.15, 0.2) is 66.0 Å². The summed E-state index contributed by atoms with van der Waals surface area (Å²) in [5.74, 6) is 0.341. The molecule has 0 spiro atoms. The third kappa shape index (κ3) is 4.23. The first-order chi connectivity index (χ1) is 15.4. The van der Waals surface area contributed by atoms with Gasteiger partial charge in [-0.3, -0.25) is 9.78 Å². The van der Waals surface area contributed by atoms with Gasteiger partial charge in [0.25, 0.3) is 10.0 Å². The zero-order chi connectivity index (χ0) is 22.7. The van der Waals surface area contributed by atoms with Crippen molar-refractivity contribution in [1.29, 1.82) is 0 Å². The molecule has 1 aromatic carbocycles. The van der Waals surface area contributed by atoms with Crippen molar-refractivity contribution in [3.63, 3.8) is 0 Å². The van der Waals surface area contributed by atoms with Crippen LogP contribution < -0.4 is 9.47 Å². The summed E-state index contributed by atoms with van der Waals surface area (Å²) in [6.07, 6.45) is 4.37. The van der Waals surface area contributed by atoms with Gasteiger partial charge in [-0.25, -0.2) is 4.98 Å². The van der Waals surface area contributed by atoms with Gasteiger partial charge in [-0.05, 0) is 42.5 Å². The number of nitrogens with zero attached hydrogens (tertiary/aromatic N) is 4. The summed E-state index contributed by atoms with van der Waals surface area (Å²) < 4.78 is 38.2. The van der Waals surface area contributed by atoms with Crippen molar-refractivity contribution >= 4 is 27.0 Å². The molecule has 0 aliphatic heterocycles. The third-order valence-electron chi connectivity index (χ3n) is 4.58. The SMILES string of the molecule is COc1cnc2c(c1)c(CCC(=O)O)nn2S(=O)(=O)c1ccc(Oc2cccnc2)cc1. The molecule has 0 bridgehead atoms. The first kappa shape index (κ1) is 21.2. The van der Waals surface area contributed by atoms with Gasteiger partial charge < -0.3 is 14.6 Å². The van der Waals surface area contributed by atoms with Crippen LogP contribution in [-0.2, 0) is 21.2 Å². The Morgan fingerprint density at radius 3 is 2.53 bits per heavy atom. The fourth-order valence-corrected chi connectivity index (χ4v) is 4.29. The van der Waals surface area contributed by atoms with Crippen LogP contribution in [0.5, 0.6) is 17.2 Å². The lowest BCUT2D eigenvalue weighted by Crippen LogP contribution is -2.15. The number of carbonyl (C=O) groups is 1. The Kier molecular flexibility index (Phi) is 5.73. The first-order valence-electron chi connectivity index (χ1n) is 9.45. The van der Waals surface area contributed by atoms with Crippen LogP contribution in [0.4, 0.5) is 0 Å². The largest absolute Gasteiger partial charge is 0.495 e. The standard InChI is InChI=1S/C21H18N4O6S/c1-30-16-11-18-19(8-9-20(26)27)24-25(21(18)23-13-16)32(28,29)17-6-4-14(5-7-17)31-15-3-2-10-22-12-15/h2-7,10-13H,8-9H2,1H3,(H,26,27). The van der Waals surface area contributed by atoms with Crippen molar-refractivity contribution in [2.75, 3.05) is 7.11 Å². The molecule has 0 unspecified atom stereocenters. The molecule has 10 nitrogen and oxygen atoms in total. The zero-order valence-corrected chi connectivity index (χ0v) is 17.7. The summed E-state index contributed by atoms with van der Waals surface area (Å²) in [5.41, 5.74) is 0.385. The number of methoxy groups -OCH3 is 1. The number of fused-ring (bicyclic) bond motifs is 1. The number of aliphatic carboxylic acids is 1. The molecule has 4 aromatic rings. The van der Waals surface area contributed by atoms with E-state index in [2.05, 4.69) is 15.1 Å². The van der Waals surface area contributed by atoms with Gasteiger partial charge in [0, 0.05) is 18.0 Å². The number of ether oxygens (including phenoxy) is 2. The minimum atomic E-state index is -4.11. The fourth-order valence-electron chi connectivity index (χ4n) is 3.03. The Hall–Kier alpha value is -3.99. The number of aryl methyl sites for hydroxylation is 1. The van der Waals surface area contributed by atoms with E-state index in [0.29, 0.717) is 28.3 Å². The summed E-state index contributed by atoms with van der Waals surface area (Å²) in [5, 5.41) is 13.6. The second kappa shape index (κ2) is 8.63. The van der Waals surface area contributed by atoms with E-state index in [4.69, 9.17) is 14.6 Å². The lowest BCUT2D eigenvalue weighted by atomic mass is 10.2. The van der Waals surface area contributed by atoms with Crippen LogP contribution in [0, 0.1) is 0 Å². The lowest BCUT2D eigenvalue weighted by molar-refractivity contribution is -0.136. The van der Waals surface area contributed by atoms with E-state index in [1.54, 1.807) is 30.6 Å². The molecule has 0 atom stereocenters. The van der Waals surface area contributed by atoms with Crippen molar-refractivity contribution in [3.8, 4) is 17.2 Å². The highest BCUT2D eigenvalue weighted by Crippen LogP contribution is 2.27. The van der Waals surface area contributed by atoms with E-state index in [9.17, 15) is 13.2 Å². The molecule has 0 saturated heterocycles. The summed E-state index contributed by atoms with van der Waals surface area (Å²) in [4.78, 5) is 19.1. The molecule has 1 N–H and O–H groups in total. The van der Waals surface area contributed by atoms with Crippen molar-refractivity contribution in [3.05, 3.63) is 66.7 Å². The molecule has 11 heteroatoms. The molecule has 0 fully saturated rings. The number of hydrogen-bond donors (Lipinski definition) is 1. The molecule has 0 radical (unpaired) electrons. The van der Waals surface area contributed by atoms with Crippen molar-refractivity contribution in [1.82, 2.24) is 19.2 Å². The first-order valence-corrected chi connectivity index (χ1v) is 10.9. The topological polar surface area (TPSA) is 134 Å². The molecule has 0 aliphatic rings. The molecular formula is C21H18N4O6S. The number of pyridine rings is 2. The second-order valence-corrected chi connectivity index (χ2v) is 8.46. The van der Waals surface area contributed by atoms with E-state index in [1.165, 1.54) is 37.6 Å². The van der Waals surface area contributed by atoms with Gasteiger partial charge in [0.2, 0.25) is 0 Å². The van der Waals surface area contributed by atoms with Gasteiger partial charge in [0.1, 0.15) is 17.2 Å². The number of rotatable bonds is 8. The van der Waals surface area contributed by atoms with Gasteiger partial charge in [-0.2, -0.15) is 13.5 Å². The van der Waals surface area contributed by atoms with Crippen LogP contribution in [-0.4, -0.2) is 45.8 Å². The molecular weight excluding hydrogens is 436 g/mol. The Bertz CT molecular complexity index is 1370. The van der Waals surface area contributed by atoms with Crippen LogP contribution in [0.1, 0.15) is 12.1 Å². The van der Waals surface area contributed by atoms with Crippen LogP contribution in [0.2, 0.25) is 0 Å². The summed E-state index contributed by atoms with van der Waals surface area (Å²) in [7, 11) is -2.65. The Labute approximate surface area is 183 Å². The maximum Gasteiger partial charge on any atom is 0.303 e. The molecule has 3 heterocycles. The molecule has 0 aliphatic carbocycles. The minimum absolute atomic E-state index is 0.0251. The van der Waals surface area contributed by atoms with E-state index < -0.39 is 16.0 Å². The molecule has 164 valence electrons. The smallest absolute Gasteiger partial charge is 0.303 e. The Balaban J connectivity index is 1.71. The monoisotopic (exact) mass is 454 g/mol. The van der Waals surface area contributed by atoms with E-state index in [-0.39, 0.29) is 23.4 Å². The van der Waals surface area contributed by atoms with Gasteiger partial charge in [-0.15, -0.1) is 4.09 Å². The fraction of sp³-hybridized carbons (Fsp3) is 0.143. The van der Waals surface area contributed by atoms with Crippen LogP contribution in [0.25, 0.3) is 11.0 Å². The second-order valence-electron chi connectivity index (χ2n) is 6.70. The van der Waals surface area contributed by atoms with Gasteiger partial charge in [-0.1, -0.05) is 0 Å². The highest BCUT2D eigenvalue weighted by Gasteiger charge is 2.25. The maximum absolute atomic E-state index is 13.3. The van der Waals surface area contributed by atoms with E-state index in [1.807, 2.05) is 0 Å². The number of carboxylic acids is 1. The van der Waals surface area contributed by atoms with Gasteiger partial charge >= 0.3 is 5.97 Å². The van der Waals surface area contributed by atoms with Crippen molar-refractivity contribution < 1.29 is 27.8 Å². The molecule has 32 heavy (non-hydrogen) atoms. The maximum atomic E-state index is 13.3. The molecule has 0 saturated carbocycles. The Morgan fingerprint density at radius 2 is 1.88 bits per heavy atom. The Morgan fingerprint density at radius 1 is 1.09 bits per heavy atom. The van der Waals surface area contributed by atoms with E-state index in [0.717, 1.165) is 4.09 Å². The zero-order valence-electron chi connectivity index (χ0n) is 16.9. The average Bonchev–Trinajstić information content (AvgIpc) is 3.17. The predicted octanol–water partition coefficient (Wildman–Crippen LogP) is 2.88. The normalized spacial score (nSPS) is 11.4. The van der Waals surface area contributed by atoms with Crippen molar-refractivity contribution in [2.45, 2.75) is 17.7 Å². The quantitative estimate of drug-likeness (QED) is 0.426. The summed E-state index contributed by atoms with van der Waals surface area (Å²) in [6, 6.07) is 10.9. The van der Waals surface area contributed by atoms with Gasteiger partial charge in [0.15, 0.2) is 5.65 Å². The van der Waals surface area contributed by atoms with E-state index >= 15 is 0 Å². The number of hydrogen-bond acceptors (Lipinski definition) is 8. The minimum Gasteiger partial charge on any atom is -0.495 e. The predicted molar refractivity (Wildman–Crippen MR) is 113 cm³/mol. The molecule has 0 amide bonds. The number of carboxylic acid groups (broad SMARTS) is 1. The summed E-state index contributed by atoms with van der Waals surface area (Å²) >= 11 is 0. The molecule has 4 rings (SSSR count). The van der Waals surface area contributed by atoms with Gasteiger partial charge in [0.05, 0.1) is 36.5 Å². The lowest BCUT2D eigenvalue weighted by Gasteiger charge is -2.08. The number of benzene rings is 1. The third-order valence-corrected chi connectivity index (χ3v) is 6.15. The average molecular weight is 454 g/mol. The molecule has 3 aromatic heterocycles. The van der Waals surface area contributed by atoms with Crippen LogP contribution >= 0.6 is 0 Å². The highest BCUT2D eigenvalue weighted by atomic mass is 32.2. The van der Waals surface area contributed by atoms with Crippen LogP contribution in [0.3, 0.4) is 0 Å².